The van der Waals surface area contributed by atoms with E-state index in [4.69, 9.17) is 18.9 Å². The van der Waals surface area contributed by atoms with Crippen LogP contribution in [0.15, 0.2) is 41.3 Å². The molecule has 0 spiro atoms. The fourth-order valence-corrected chi connectivity index (χ4v) is 4.52. The van der Waals surface area contributed by atoms with Crippen molar-refractivity contribution in [2.75, 3.05) is 59.9 Å². The zero-order valence-corrected chi connectivity index (χ0v) is 20.1. The van der Waals surface area contributed by atoms with Gasteiger partial charge in [-0.05, 0) is 37.3 Å². The SMILES string of the molecule is CCOc1ccc(SCC(=O)N2CCN(Cc3ccc(OC)c(OC)c3OC)CC2)cc1. The van der Waals surface area contributed by atoms with Gasteiger partial charge in [-0.2, -0.15) is 0 Å². The number of benzene rings is 2. The summed E-state index contributed by atoms with van der Waals surface area (Å²) in [7, 11) is 4.86. The highest BCUT2D eigenvalue weighted by atomic mass is 32.2. The number of rotatable bonds is 10. The number of amides is 1. The van der Waals surface area contributed by atoms with Gasteiger partial charge in [-0.1, -0.05) is 6.07 Å². The van der Waals surface area contributed by atoms with E-state index in [0.717, 1.165) is 48.9 Å². The van der Waals surface area contributed by atoms with Gasteiger partial charge in [0.05, 0.1) is 33.7 Å². The number of thioether (sulfide) groups is 1. The summed E-state index contributed by atoms with van der Waals surface area (Å²) in [6.45, 7) is 6.41. The lowest BCUT2D eigenvalue weighted by atomic mass is 10.1. The predicted molar refractivity (Wildman–Crippen MR) is 126 cm³/mol. The van der Waals surface area contributed by atoms with Crippen LogP contribution in [0.1, 0.15) is 12.5 Å². The van der Waals surface area contributed by atoms with E-state index in [1.807, 2.05) is 48.2 Å². The van der Waals surface area contributed by atoms with Crippen LogP contribution in [0.2, 0.25) is 0 Å². The third-order valence-electron chi connectivity index (χ3n) is 5.40. The highest BCUT2D eigenvalue weighted by molar-refractivity contribution is 8.00. The molecule has 1 aliphatic heterocycles. The molecule has 0 aromatic heterocycles. The van der Waals surface area contributed by atoms with E-state index >= 15 is 0 Å². The normalized spacial score (nSPS) is 14.2. The van der Waals surface area contributed by atoms with Crippen molar-refractivity contribution < 1.29 is 23.7 Å². The molecule has 1 heterocycles. The molecule has 0 aliphatic carbocycles. The van der Waals surface area contributed by atoms with Gasteiger partial charge in [-0.15, -0.1) is 11.8 Å². The fourth-order valence-electron chi connectivity index (χ4n) is 3.72. The first-order chi connectivity index (χ1) is 15.6. The Morgan fingerprint density at radius 1 is 0.906 bits per heavy atom. The highest BCUT2D eigenvalue weighted by Gasteiger charge is 2.23. The van der Waals surface area contributed by atoms with Crippen molar-refractivity contribution in [2.45, 2.75) is 18.4 Å². The average molecular weight is 461 g/mol. The summed E-state index contributed by atoms with van der Waals surface area (Å²) in [6, 6.07) is 11.8. The number of ether oxygens (including phenoxy) is 4. The topological polar surface area (TPSA) is 60.5 Å². The molecule has 1 aliphatic rings. The molecule has 7 nitrogen and oxygen atoms in total. The standard InChI is InChI=1S/C24H32N2O5S/c1-5-31-19-7-9-20(10-8-19)32-17-22(27)26-14-12-25(13-15-26)16-18-6-11-21(28-2)24(30-4)23(18)29-3/h6-11H,5,12-17H2,1-4H3. The third kappa shape index (κ3) is 6.01. The second kappa shape index (κ2) is 11.9. The molecule has 0 saturated carbocycles. The van der Waals surface area contributed by atoms with E-state index in [1.165, 1.54) is 0 Å². The van der Waals surface area contributed by atoms with Crippen LogP contribution in [0.4, 0.5) is 0 Å². The summed E-state index contributed by atoms with van der Waals surface area (Å²) in [5, 5.41) is 0. The molecule has 2 aromatic rings. The lowest BCUT2D eigenvalue weighted by Crippen LogP contribution is -2.48. The van der Waals surface area contributed by atoms with E-state index in [0.29, 0.717) is 29.6 Å². The molecule has 174 valence electrons. The highest BCUT2D eigenvalue weighted by Crippen LogP contribution is 2.40. The Labute approximate surface area is 194 Å². The summed E-state index contributed by atoms with van der Waals surface area (Å²) in [5.41, 5.74) is 1.04. The lowest BCUT2D eigenvalue weighted by Gasteiger charge is -2.35. The zero-order valence-electron chi connectivity index (χ0n) is 19.3. The smallest absolute Gasteiger partial charge is 0.233 e. The fraction of sp³-hybridized carbons (Fsp3) is 0.458. The Morgan fingerprint density at radius 3 is 2.19 bits per heavy atom. The minimum absolute atomic E-state index is 0.173. The van der Waals surface area contributed by atoms with E-state index in [1.54, 1.807) is 33.1 Å². The number of hydrogen-bond acceptors (Lipinski definition) is 7. The first kappa shape index (κ1) is 24.1. The zero-order chi connectivity index (χ0) is 22.9. The van der Waals surface area contributed by atoms with E-state index < -0.39 is 0 Å². The van der Waals surface area contributed by atoms with Gasteiger partial charge >= 0.3 is 0 Å². The molecule has 0 bridgehead atoms. The molecule has 1 saturated heterocycles. The van der Waals surface area contributed by atoms with Gasteiger partial charge in [0.25, 0.3) is 0 Å². The lowest BCUT2D eigenvalue weighted by molar-refractivity contribution is -0.130. The molecule has 2 aromatic carbocycles. The quantitative estimate of drug-likeness (QED) is 0.503. The largest absolute Gasteiger partial charge is 0.494 e. The van der Waals surface area contributed by atoms with Gasteiger partial charge in [0.1, 0.15) is 5.75 Å². The Kier molecular flexibility index (Phi) is 8.93. The summed E-state index contributed by atoms with van der Waals surface area (Å²) < 4.78 is 21.9. The summed E-state index contributed by atoms with van der Waals surface area (Å²) in [4.78, 5) is 18.0. The summed E-state index contributed by atoms with van der Waals surface area (Å²) in [6.07, 6.45) is 0. The van der Waals surface area contributed by atoms with Crippen LogP contribution in [-0.4, -0.2) is 75.6 Å². The Morgan fingerprint density at radius 2 is 1.59 bits per heavy atom. The third-order valence-corrected chi connectivity index (χ3v) is 6.40. The van der Waals surface area contributed by atoms with Crippen LogP contribution in [0.25, 0.3) is 0 Å². The van der Waals surface area contributed by atoms with Crippen LogP contribution >= 0.6 is 11.8 Å². The van der Waals surface area contributed by atoms with Crippen molar-refractivity contribution in [3.8, 4) is 23.0 Å². The molecular weight excluding hydrogens is 428 g/mol. The van der Waals surface area contributed by atoms with Crippen molar-refractivity contribution in [1.29, 1.82) is 0 Å². The van der Waals surface area contributed by atoms with E-state index in [-0.39, 0.29) is 5.91 Å². The second-order valence-electron chi connectivity index (χ2n) is 7.34. The molecule has 8 heteroatoms. The molecule has 0 atom stereocenters. The van der Waals surface area contributed by atoms with Gasteiger partial charge in [0, 0.05) is 43.2 Å². The summed E-state index contributed by atoms with van der Waals surface area (Å²) in [5.74, 6) is 3.41. The molecular formula is C24H32N2O5S. The molecule has 1 fully saturated rings. The van der Waals surface area contributed by atoms with Gasteiger partial charge in [0.15, 0.2) is 11.5 Å². The van der Waals surface area contributed by atoms with Crippen molar-refractivity contribution in [2.24, 2.45) is 0 Å². The van der Waals surface area contributed by atoms with Gasteiger partial charge in [-0.25, -0.2) is 0 Å². The van der Waals surface area contributed by atoms with Crippen LogP contribution in [0.3, 0.4) is 0 Å². The van der Waals surface area contributed by atoms with Gasteiger partial charge < -0.3 is 23.8 Å². The van der Waals surface area contributed by atoms with Crippen LogP contribution in [-0.2, 0) is 11.3 Å². The molecule has 0 radical (unpaired) electrons. The minimum atomic E-state index is 0.173. The summed E-state index contributed by atoms with van der Waals surface area (Å²) >= 11 is 1.56. The Balaban J connectivity index is 1.50. The van der Waals surface area contributed by atoms with Crippen molar-refractivity contribution in [3.63, 3.8) is 0 Å². The number of methoxy groups -OCH3 is 3. The van der Waals surface area contributed by atoms with Crippen molar-refractivity contribution in [1.82, 2.24) is 9.80 Å². The van der Waals surface area contributed by atoms with Crippen LogP contribution in [0.5, 0.6) is 23.0 Å². The van der Waals surface area contributed by atoms with Crippen LogP contribution < -0.4 is 18.9 Å². The number of carbonyl (C=O) groups excluding carboxylic acids is 1. The molecule has 32 heavy (non-hydrogen) atoms. The molecule has 0 unspecified atom stereocenters. The van der Waals surface area contributed by atoms with Gasteiger partial charge in [0.2, 0.25) is 11.7 Å². The maximum atomic E-state index is 12.7. The second-order valence-corrected chi connectivity index (χ2v) is 8.39. The Bertz CT molecular complexity index is 883. The van der Waals surface area contributed by atoms with Crippen LogP contribution in [0, 0.1) is 0 Å². The monoisotopic (exact) mass is 460 g/mol. The van der Waals surface area contributed by atoms with Crippen molar-refractivity contribution >= 4 is 17.7 Å². The minimum Gasteiger partial charge on any atom is -0.494 e. The maximum Gasteiger partial charge on any atom is 0.233 e. The number of piperazine rings is 1. The number of carbonyl (C=O) groups is 1. The number of nitrogens with zero attached hydrogens (tertiary/aromatic N) is 2. The van der Waals surface area contributed by atoms with E-state index in [9.17, 15) is 4.79 Å². The molecule has 1 amide bonds. The number of hydrogen-bond donors (Lipinski definition) is 0. The molecule has 3 rings (SSSR count). The predicted octanol–water partition coefficient (Wildman–Crippen LogP) is 3.55. The first-order valence-electron chi connectivity index (χ1n) is 10.7. The maximum absolute atomic E-state index is 12.7. The first-order valence-corrected chi connectivity index (χ1v) is 11.7. The van der Waals surface area contributed by atoms with Gasteiger partial charge in [-0.3, -0.25) is 9.69 Å². The average Bonchev–Trinajstić information content (AvgIpc) is 2.83. The van der Waals surface area contributed by atoms with Crippen molar-refractivity contribution in [3.05, 3.63) is 42.0 Å². The Hall–Kier alpha value is -2.58. The van der Waals surface area contributed by atoms with E-state index in [2.05, 4.69) is 4.90 Å². The molecule has 0 N–H and O–H groups in total.